The minimum absolute atomic E-state index is 0.620. The van der Waals surface area contributed by atoms with E-state index in [0.29, 0.717) is 5.56 Å². The average Bonchev–Trinajstić information content (AvgIpc) is 2.88. The lowest BCUT2D eigenvalue weighted by Gasteiger charge is -2.05. The summed E-state index contributed by atoms with van der Waals surface area (Å²) >= 11 is 0. The molecule has 0 saturated carbocycles. The Kier molecular flexibility index (Phi) is 3.71. The van der Waals surface area contributed by atoms with Gasteiger partial charge in [-0.25, -0.2) is 4.98 Å². The molecule has 0 unspecified atom stereocenters. The number of hydrogen-bond donors (Lipinski definition) is 1. The van der Waals surface area contributed by atoms with Crippen LogP contribution in [0.3, 0.4) is 0 Å². The monoisotopic (exact) mass is 227 g/mol. The number of nitriles is 1. The van der Waals surface area contributed by atoms with Crippen LogP contribution in [0.1, 0.15) is 12.0 Å². The molecule has 1 N–H and O–H groups in total. The van der Waals surface area contributed by atoms with Crippen LogP contribution in [0.2, 0.25) is 0 Å². The van der Waals surface area contributed by atoms with E-state index in [2.05, 4.69) is 21.5 Å². The minimum Gasteiger partial charge on any atom is -0.370 e. The number of aryl methyl sites for hydroxylation is 1. The van der Waals surface area contributed by atoms with Crippen LogP contribution in [0, 0.1) is 11.3 Å². The first-order valence-electron chi connectivity index (χ1n) is 5.46. The molecule has 86 valence electrons. The third-order valence-corrected chi connectivity index (χ3v) is 2.32. The summed E-state index contributed by atoms with van der Waals surface area (Å²) in [6.45, 7) is 1.68. The summed E-state index contributed by atoms with van der Waals surface area (Å²) in [4.78, 5) is 4.14. The van der Waals surface area contributed by atoms with Gasteiger partial charge < -0.3 is 5.32 Å². The molecule has 2 heterocycles. The Hall–Kier alpha value is -2.35. The van der Waals surface area contributed by atoms with Gasteiger partial charge in [0.2, 0.25) is 0 Å². The van der Waals surface area contributed by atoms with Crippen molar-refractivity contribution in [2.75, 3.05) is 11.9 Å². The number of nitrogens with zero attached hydrogens (tertiary/aromatic N) is 4. The number of nitrogens with one attached hydrogen (secondary N) is 1. The van der Waals surface area contributed by atoms with Crippen molar-refractivity contribution in [2.24, 2.45) is 0 Å². The molecule has 0 aliphatic rings. The van der Waals surface area contributed by atoms with Gasteiger partial charge in [-0.1, -0.05) is 0 Å². The molecular formula is C12H13N5. The number of rotatable bonds is 5. The molecule has 0 spiro atoms. The van der Waals surface area contributed by atoms with Crippen LogP contribution >= 0.6 is 0 Å². The fraction of sp³-hybridized carbons (Fsp3) is 0.250. The van der Waals surface area contributed by atoms with Crippen molar-refractivity contribution < 1.29 is 0 Å². The van der Waals surface area contributed by atoms with E-state index in [0.717, 1.165) is 25.3 Å². The second-order valence-corrected chi connectivity index (χ2v) is 3.59. The first kappa shape index (κ1) is 11.1. The summed E-state index contributed by atoms with van der Waals surface area (Å²) in [6, 6.07) is 7.43. The van der Waals surface area contributed by atoms with Gasteiger partial charge in [-0.05, 0) is 24.6 Å². The fourth-order valence-corrected chi connectivity index (χ4v) is 1.49. The topological polar surface area (TPSA) is 66.5 Å². The lowest BCUT2D eigenvalue weighted by molar-refractivity contribution is 0.591. The summed E-state index contributed by atoms with van der Waals surface area (Å²) in [7, 11) is 0. The third-order valence-electron chi connectivity index (χ3n) is 2.32. The van der Waals surface area contributed by atoms with Gasteiger partial charge in [0.15, 0.2) is 0 Å². The maximum atomic E-state index is 8.74. The van der Waals surface area contributed by atoms with Gasteiger partial charge in [0, 0.05) is 31.7 Å². The first-order valence-corrected chi connectivity index (χ1v) is 5.46. The largest absolute Gasteiger partial charge is 0.370 e. The van der Waals surface area contributed by atoms with Crippen molar-refractivity contribution in [2.45, 2.75) is 13.0 Å². The highest BCUT2D eigenvalue weighted by Gasteiger charge is 1.96. The van der Waals surface area contributed by atoms with Crippen molar-refractivity contribution >= 4 is 5.82 Å². The van der Waals surface area contributed by atoms with E-state index in [9.17, 15) is 0 Å². The molecule has 0 atom stereocenters. The van der Waals surface area contributed by atoms with Gasteiger partial charge in [-0.15, -0.1) is 0 Å². The van der Waals surface area contributed by atoms with Crippen molar-refractivity contribution in [3.63, 3.8) is 0 Å². The van der Waals surface area contributed by atoms with Gasteiger partial charge in [0.25, 0.3) is 0 Å². The lowest BCUT2D eigenvalue weighted by atomic mass is 10.3. The molecule has 0 aliphatic heterocycles. The summed E-state index contributed by atoms with van der Waals surface area (Å²) in [6.07, 6.45) is 6.30. The van der Waals surface area contributed by atoms with E-state index in [1.807, 2.05) is 16.9 Å². The zero-order valence-electron chi connectivity index (χ0n) is 9.37. The molecular weight excluding hydrogens is 214 g/mol. The van der Waals surface area contributed by atoms with E-state index in [1.165, 1.54) is 0 Å². The molecule has 0 fully saturated rings. The number of aromatic nitrogens is 3. The van der Waals surface area contributed by atoms with Gasteiger partial charge in [-0.2, -0.15) is 10.4 Å². The highest BCUT2D eigenvalue weighted by Crippen LogP contribution is 2.05. The molecule has 2 aromatic rings. The Labute approximate surface area is 99.7 Å². The Morgan fingerprint density at radius 2 is 2.35 bits per heavy atom. The maximum absolute atomic E-state index is 8.74. The quantitative estimate of drug-likeness (QED) is 0.789. The van der Waals surface area contributed by atoms with Crippen LogP contribution in [0.4, 0.5) is 5.82 Å². The van der Waals surface area contributed by atoms with Gasteiger partial charge in [0.05, 0.1) is 11.6 Å². The first-order chi connectivity index (χ1) is 8.38. The zero-order chi connectivity index (χ0) is 11.9. The molecule has 17 heavy (non-hydrogen) atoms. The Bertz CT molecular complexity index is 498. The molecule has 5 nitrogen and oxygen atoms in total. The van der Waals surface area contributed by atoms with Crippen LogP contribution < -0.4 is 5.32 Å². The molecule has 0 bridgehead atoms. The number of anilines is 1. The summed E-state index contributed by atoms with van der Waals surface area (Å²) in [5, 5.41) is 16.0. The molecule has 0 aromatic carbocycles. The molecule has 5 heteroatoms. The minimum atomic E-state index is 0.620. The van der Waals surface area contributed by atoms with Crippen molar-refractivity contribution in [1.82, 2.24) is 14.8 Å². The SMILES string of the molecule is N#Cc1ccnc(NCCCn2cccn2)c1. The zero-order valence-corrected chi connectivity index (χ0v) is 9.37. The fourth-order valence-electron chi connectivity index (χ4n) is 1.49. The standard InChI is InChI=1S/C12H13N5/c13-10-11-3-6-15-12(9-11)14-4-1-7-17-8-2-5-16-17/h2-3,5-6,8-9H,1,4,7H2,(H,14,15). The summed E-state index contributed by atoms with van der Waals surface area (Å²) in [5.41, 5.74) is 0.620. The van der Waals surface area contributed by atoms with E-state index in [-0.39, 0.29) is 0 Å². The van der Waals surface area contributed by atoms with Crippen molar-refractivity contribution in [3.8, 4) is 6.07 Å². The molecule has 0 radical (unpaired) electrons. The Morgan fingerprint density at radius 1 is 1.41 bits per heavy atom. The second kappa shape index (κ2) is 5.66. The summed E-state index contributed by atoms with van der Waals surface area (Å²) in [5.74, 6) is 0.740. The van der Waals surface area contributed by atoms with Crippen molar-refractivity contribution in [3.05, 3.63) is 42.4 Å². The van der Waals surface area contributed by atoms with Crippen LogP contribution in [0.25, 0.3) is 0 Å². The van der Waals surface area contributed by atoms with Crippen LogP contribution in [0.5, 0.6) is 0 Å². The molecule has 0 saturated heterocycles. The second-order valence-electron chi connectivity index (χ2n) is 3.59. The molecule has 2 aromatic heterocycles. The van der Waals surface area contributed by atoms with Gasteiger partial charge >= 0.3 is 0 Å². The van der Waals surface area contributed by atoms with Crippen molar-refractivity contribution in [1.29, 1.82) is 5.26 Å². The Morgan fingerprint density at radius 3 is 3.12 bits per heavy atom. The van der Waals surface area contributed by atoms with Gasteiger partial charge in [-0.3, -0.25) is 4.68 Å². The average molecular weight is 227 g/mol. The normalized spacial score (nSPS) is 9.82. The highest BCUT2D eigenvalue weighted by molar-refractivity contribution is 5.42. The van der Waals surface area contributed by atoms with Crippen LogP contribution in [0.15, 0.2) is 36.8 Å². The molecule has 2 rings (SSSR count). The lowest BCUT2D eigenvalue weighted by Crippen LogP contribution is -2.07. The predicted molar refractivity (Wildman–Crippen MR) is 64.3 cm³/mol. The maximum Gasteiger partial charge on any atom is 0.127 e. The predicted octanol–water partition coefficient (Wildman–Crippen LogP) is 1.65. The van der Waals surface area contributed by atoms with E-state index in [1.54, 1.807) is 24.5 Å². The van der Waals surface area contributed by atoms with E-state index < -0.39 is 0 Å². The molecule has 0 amide bonds. The van der Waals surface area contributed by atoms with E-state index >= 15 is 0 Å². The summed E-state index contributed by atoms with van der Waals surface area (Å²) < 4.78 is 1.89. The number of hydrogen-bond acceptors (Lipinski definition) is 4. The highest BCUT2D eigenvalue weighted by atomic mass is 15.3. The van der Waals surface area contributed by atoms with E-state index in [4.69, 9.17) is 5.26 Å². The third kappa shape index (κ3) is 3.31. The van der Waals surface area contributed by atoms with Crippen LogP contribution in [-0.4, -0.2) is 21.3 Å². The molecule has 0 aliphatic carbocycles. The Balaban J connectivity index is 1.76. The van der Waals surface area contributed by atoms with Crippen LogP contribution in [-0.2, 0) is 6.54 Å². The van der Waals surface area contributed by atoms with Gasteiger partial charge in [0.1, 0.15) is 5.82 Å². The smallest absolute Gasteiger partial charge is 0.127 e. The number of pyridine rings is 1.